The maximum Gasteiger partial charge on any atom is 0.398 e. The third-order valence-electron chi connectivity index (χ3n) is 2.38. The highest BCUT2D eigenvalue weighted by molar-refractivity contribution is 5.84. The zero-order valence-corrected chi connectivity index (χ0v) is 8.73. The van der Waals surface area contributed by atoms with Gasteiger partial charge in [-0.3, -0.25) is 9.83 Å². The number of rotatable bonds is 3. The average Bonchev–Trinajstić information content (AvgIpc) is 2.32. The van der Waals surface area contributed by atoms with E-state index in [1.165, 1.54) is 7.11 Å². The van der Waals surface area contributed by atoms with E-state index in [1.54, 1.807) is 31.5 Å². The second-order valence-electron chi connectivity index (χ2n) is 3.05. The summed E-state index contributed by atoms with van der Waals surface area (Å²) in [5.74, 6) is -0.522. The van der Waals surface area contributed by atoms with Gasteiger partial charge in [-0.1, -0.05) is 6.92 Å². The SMILES string of the molecule is [C-]#[N+]C(CC)(C(=O)OC)c1ccncc1. The molecule has 0 bridgehead atoms. The molecule has 4 heteroatoms. The Bertz CT molecular complexity index is 383. The molecule has 1 atom stereocenters. The van der Waals surface area contributed by atoms with Crippen LogP contribution >= 0.6 is 0 Å². The van der Waals surface area contributed by atoms with Crippen LogP contribution in [0.3, 0.4) is 0 Å². The Kier molecular flexibility index (Phi) is 3.40. The minimum Gasteiger partial charge on any atom is -0.463 e. The van der Waals surface area contributed by atoms with Crippen molar-refractivity contribution in [2.24, 2.45) is 0 Å². The fourth-order valence-electron chi connectivity index (χ4n) is 1.45. The molecular formula is C11H12N2O2. The van der Waals surface area contributed by atoms with E-state index in [4.69, 9.17) is 6.57 Å². The van der Waals surface area contributed by atoms with E-state index in [1.807, 2.05) is 0 Å². The molecule has 78 valence electrons. The smallest absolute Gasteiger partial charge is 0.398 e. The second-order valence-corrected chi connectivity index (χ2v) is 3.05. The zero-order valence-electron chi connectivity index (χ0n) is 8.73. The number of hydrogen-bond acceptors (Lipinski definition) is 3. The Hall–Kier alpha value is -1.89. The van der Waals surface area contributed by atoms with Gasteiger partial charge < -0.3 is 4.74 Å². The zero-order chi connectivity index (χ0) is 11.3. The van der Waals surface area contributed by atoms with Crippen LogP contribution in [0.4, 0.5) is 0 Å². The molecule has 1 unspecified atom stereocenters. The first-order chi connectivity index (χ1) is 7.21. The van der Waals surface area contributed by atoms with Gasteiger partial charge in [0.05, 0.1) is 12.7 Å². The third-order valence-corrected chi connectivity index (χ3v) is 2.38. The van der Waals surface area contributed by atoms with Crippen LogP contribution in [0.5, 0.6) is 0 Å². The number of ether oxygens (including phenoxy) is 1. The molecule has 1 heterocycles. The maximum absolute atomic E-state index is 11.6. The van der Waals surface area contributed by atoms with Crippen molar-refractivity contribution in [3.05, 3.63) is 41.5 Å². The summed E-state index contributed by atoms with van der Waals surface area (Å²) in [6.07, 6.45) is 3.51. The average molecular weight is 204 g/mol. The van der Waals surface area contributed by atoms with Crippen molar-refractivity contribution >= 4 is 5.97 Å². The molecular weight excluding hydrogens is 192 g/mol. The van der Waals surface area contributed by atoms with E-state index >= 15 is 0 Å². The van der Waals surface area contributed by atoms with Crippen molar-refractivity contribution < 1.29 is 9.53 Å². The van der Waals surface area contributed by atoms with Crippen molar-refractivity contribution in [3.63, 3.8) is 0 Å². The van der Waals surface area contributed by atoms with Gasteiger partial charge in [0, 0.05) is 18.8 Å². The standard InChI is InChI=1S/C11H12N2O2/c1-4-11(12-2,10(14)15-3)9-5-7-13-8-6-9/h5-8H,4H2,1,3H3. The van der Waals surface area contributed by atoms with Crippen LogP contribution in [-0.4, -0.2) is 18.1 Å². The maximum atomic E-state index is 11.6. The molecule has 0 aliphatic rings. The lowest BCUT2D eigenvalue weighted by atomic mass is 9.89. The summed E-state index contributed by atoms with van der Waals surface area (Å²) in [6.45, 7) is 8.97. The van der Waals surface area contributed by atoms with Crippen molar-refractivity contribution in [1.29, 1.82) is 0 Å². The van der Waals surface area contributed by atoms with Gasteiger partial charge >= 0.3 is 11.5 Å². The van der Waals surface area contributed by atoms with Gasteiger partial charge in [0.15, 0.2) is 0 Å². The largest absolute Gasteiger partial charge is 0.463 e. The summed E-state index contributed by atoms with van der Waals surface area (Å²) < 4.78 is 4.68. The van der Waals surface area contributed by atoms with Gasteiger partial charge in [-0.15, -0.1) is 0 Å². The number of carbonyl (C=O) groups is 1. The molecule has 0 aliphatic carbocycles. The van der Waals surface area contributed by atoms with E-state index < -0.39 is 11.5 Å². The number of nitrogens with zero attached hydrogens (tertiary/aromatic N) is 2. The molecule has 0 saturated carbocycles. The van der Waals surface area contributed by atoms with Gasteiger partial charge in [-0.25, -0.2) is 11.4 Å². The fourth-order valence-corrected chi connectivity index (χ4v) is 1.45. The van der Waals surface area contributed by atoms with E-state index in [-0.39, 0.29) is 0 Å². The first kappa shape index (κ1) is 11.2. The molecule has 1 rings (SSSR count). The number of hydrogen-bond donors (Lipinski definition) is 0. The molecule has 0 radical (unpaired) electrons. The Balaban J connectivity index is 3.25. The Labute approximate surface area is 88.7 Å². The van der Waals surface area contributed by atoms with Gasteiger partial charge in [-0.2, -0.15) is 0 Å². The molecule has 0 saturated heterocycles. The molecule has 0 spiro atoms. The topological polar surface area (TPSA) is 43.5 Å². The summed E-state index contributed by atoms with van der Waals surface area (Å²) in [4.78, 5) is 18.9. The number of methoxy groups -OCH3 is 1. The van der Waals surface area contributed by atoms with E-state index in [0.717, 1.165) is 0 Å². The summed E-state index contributed by atoms with van der Waals surface area (Å²) in [6, 6.07) is 3.33. The molecule has 1 aromatic rings. The van der Waals surface area contributed by atoms with Gasteiger partial charge in [0.25, 0.3) is 0 Å². The highest BCUT2D eigenvalue weighted by Crippen LogP contribution is 2.30. The summed E-state index contributed by atoms with van der Waals surface area (Å²) in [5.41, 5.74) is -0.598. The van der Waals surface area contributed by atoms with E-state index in [9.17, 15) is 4.79 Å². The number of pyridine rings is 1. The summed E-state index contributed by atoms with van der Waals surface area (Å²) in [7, 11) is 1.29. The first-order valence-electron chi connectivity index (χ1n) is 4.58. The lowest BCUT2D eigenvalue weighted by Crippen LogP contribution is -2.32. The van der Waals surface area contributed by atoms with Crippen LogP contribution in [0.25, 0.3) is 4.85 Å². The predicted molar refractivity (Wildman–Crippen MR) is 54.8 cm³/mol. The van der Waals surface area contributed by atoms with Crippen LogP contribution in [0.2, 0.25) is 0 Å². The predicted octanol–water partition coefficient (Wildman–Crippen LogP) is 1.78. The minimum atomic E-state index is -1.22. The summed E-state index contributed by atoms with van der Waals surface area (Å²) in [5, 5.41) is 0. The molecule has 0 amide bonds. The lowest BCUT2D eigenvalue weighted by molar-refractivity contribution is -0.145. The molecule has 0 N–H and O–H groups in total. The third kappa shape index (κ3) is 1.82. The van der Waals surface area contributed by atoms with Crippen LogP contribution in [0.15, 0.2) is 24.5 Å². The highest BCUT2D eigenvalue weighted by atomic mass is 16.5. The first-order valence-corrected chi connectivity index (χ1v) is 4.58. The monoisotopic (exact) mass is 204 g/mol. The quantitative estimate of drug-likeness (QED) is 0.556. The summed E-state index contributed by atoms with van der Waals surface area (Å²) >= 11 is 0. The van der Waals surface area contributed by atoms with E-state index in [0.29, 0.717) is 12.0 Å². The number of aromatic nitrogens is 1. The lowest BCUT2D eigenvalue weighted by Gasteiger charge is -2.17. The normalized spacial score (nSPS) is 13.7. The molecule has 15 heavy (non-hydrogen) atoms. The van der Waals surface area contributed by atoms with Crippen molar-refractivity contribution in [3.8, 4) is 0 Å². The molecule has 0 fully saturated rings. The highest BCUT2D eigenvalue weighted by Gasteiger charge is 2.47. The second kappa shape index (κ2) is 4.56. The van der Waals surface area contributed by atoms with Crippen LogP contribution in [0.1, 0.15) is 18.9 Å². The molecule has 0 aliphatic heterocycles. The van der Waals surface area contributed by atoms with Crippen molar-refractivity contribution in [2.75, 3.05) is 7.11 Å². The Morgan fingerprint density at radius 3 is 2.60 bits per heavy atom. The van der Waals surface area contributed by atoms with Crippen LogP contribution < -0.4 is 0 Å². The van der Waals surface area contributed by atoms with Crippen molar-refractivity contribution in [1.82, 2.24) is 4.98 Å². The molecule has 0 aromatic carbocycles. The Morgan fingerprint density at radius 2 is 2.20 bits per heavy atom. The molecule has 4 nitrogen and oxygen atoms in total. The minimum absolute atomic E-state index is 0.382. The van der Waals surface area contributed by atoms with Crippen molar-refractivity contribution in [2.45, 2.75) is 18.9 Å². The van der Waals surface area contributed by atoms with Gasteiger partial charge in [0.1, 0.15) is 0 Å². The number of carbonyl (C=O) groups excluding carboxylic acids is 1. The number of esters is 1. The Morgan fingerprint density at radius 1 is 1.60 bits per heavy atom. The van der Waals surface area contributed by atoms with Crippen LogP contribution in [0, 0.1) is 6.57 Å². The van der Waals surface area contributed by atoms with Gasteiger partial charge in [-0.05, 0) is 12.1 Å². The molecule has 1 aromatic heterocycles. The van der Waals surface area contributed by atoms with Crippen LogP contribution in [-0.2, 0) is 15.1 Å². The van der Waals surface area contributed by atoms with E-state index in [2.05, 4.69) is 14.6 Å². The fraction of sp³-hybridized carbons (Fsp3) is 0.364. The van der Waals surface area contributed by atoms with Gasteiger partial charge in [0.2, 0.25) is 0 Å².